The van der Waals surface area contributed by atoms with Gasteiger partial charge in [0.1, 0.15) is 12.4 Å². The van der Waals surface area contributed by atoms with Gasteiger partial charge in [-0.3, -0.25) is 4.79 Å². The van der Waals surface area contributed by atoms with Crippen molar-refractivity contribution in [3.63, 3.8) is 0 Å². The van der Waals surface area contributed by atoms with Gasteiger partial charge in [-0.05, 0) is 48.7 Å². The first kappa shape index (κ1) is 29.2. The fourth-order valence-electron chi connectivity index (χ4n) is 4.21. The summed E-state index contributed by atoms with van der Waals surface area (Å²) in [6.07, 6.45) is 0. The lowest BCUT2D eigenvalue weighted by Gasteiger charge is -2.24. The summed E-state index contributed by atoms with van der Waals surface area (Å²) >= 11 is 12.4. The van der Waals surface area contributed by atoms with E-state index < -0.39 is 0 Å². The lowest BCUT2D eigenvalue weighted by atomic mass is 9.92. The summed E-state index contributed by atoms with van der Waals surface area (Å²) in [5.74, 6) is 0.0948. The molecule has 0 aliphatic carbocycles. The number of rotatable bonds is 7. The van der Waals surface area contributed by atoms with Crippen LogP contribution in [0.15, 0.2) is 72.8 Å². The van der Waals surface area contributed by atoms with Crippen LogP contribution in [0.2, 0.25) is 10.0 Å². The maximum absolute atomic E-state index is 13.5. The molecule has 0 fully saturated rings. The molecule has 0 aliphatic heterocycles. The maximum atomic E-state index is 13.5. The third-order valence-corrected chi connectivity index (χ3v) is 7.18. The van der Waals surface area contributed by atoms with E-state index in [0.29, 0.717) is 21.6 Å². The van der Waals surface area contributed by atoms with Crippen molar-refractivity contribution >= 4 is 46.6 Å². The summed E-state index contributed by atoms with van der Waals surface area (Å²) in [6, 6.07) is 22.0. The number of anilines is 2. The Morgan fingerprint density at radius 2 is 1.55 bits per heavy atom. The number of hydrogen-bond donors (Lipinski definition) is 2. The van der Waals surface area contributed by atoms with E-state index in [2.05, 4.69) is 10.6 Å². The molecule has 1 aromatic heterocycles. The predicted molar refractivity (Wildman–Crippen MR) is 163 cm³/mol. The SMILES string of the molecule is Cc1cccc(C)c1NC(=O)N(CC(=O)Nc1cc(C(C)(C)C)nn1-c1ccc(Cl)c(Cl)c1)Cc1ccccc1. The maximum Gasteiger partial charge on any atom is 0.322 e. The minimum Gasteiger partial charge on any atom is -0.311 e. The molecule has 40 heavy (non-hydrogen) atoms. The Kier molecular flexibility index (Phi) is 8.86. The summed E-state index contributed by atoms with van der Waals surface area (Å²) in [5.41, 5.74) is 4.68. The van der Waals surface area contributed by atoms with Crippen molar-refractivity contribution in [1.29, 1.82) is 0 Å². The molecule has 0 atom stereocenters. The van der Waals surface area contributed by atoms with Gasteiger partial charge in [-0.15, -0.1) is 0 Å². The molecular formula is C31H33Cl2N5O2. The Morgan fingerprint density at radius 3 is 2.17 bits per heavy atom. The number of hydrogen-bond acceptors (Lipinski definition) is 3. The fraction of sp³-hybridized carbons (Fsp3) is 0.258. The summed E-state index contributed by atoms with van der Waals surface area (Å²) in [5, 5.41) is 11.5. The highest BCUT2D eigenvalue weighted by Gasteiger charge is 2.24. The van der Waals surface area contributed by atoms with E-state index in [1.54, 1.807) is 22.9 Å². The van der Waals surface area contributed by atoms with E-state index in [-0.39, 0.29) is 30.4 Å². The molecule has 1 heterocycles. The Labute approximate surface area is 245 Å². The van der Waals surface area contributed by atoms with Crippen molar-refractivity contribution in [1.82, 2.24) is 14.7 Å². The van der Waals surface area contributed by atoms with Gasteiger partial charge in [-0.2, -0.15) is 5.10 Å². The molecule has 0 bridgehead atoms. The number of para-hydroxylation sites is 1. The summed E-state index contributed by atoms with van der Waals surface area (Å²) < 4.78 is 1.62. The van der Waals surface area contributed by atoms with Gasteiger partial charge in [-0.25, -0.2) is 9.48 Å². The average Bonchev–Trinajstić information content (AvgIpc) is 3.32. The number of benzene rings is 3. The van der Waals surface area contributed by atoms with E-state index in [0.717, 1.165) is 28.1 Å². The van der Waals surface area contributed by atoms with E-state index in [1.165, 1.54) is 4.90 Å². The minimum absolute atomic E-state index is 0.178. The molecule has 0 radical (unpaired) electrons. The van der Waals surface area contributed by atoms with Crippen molar-refractivity contribution in [3.05, 3.63) is 105 Å². The highest BCUT2D eigenvalue weighted by molar-refractivity contribution is 6.42. The number of nitrogens with one attached hydrogen (secondary N) is 2. The van der Waals surface area contributed by atoms with Crippen LogP contribution < -0.4 is 10.6 Å². The molecule has 0 spiro atoms. The molecule has 2 N–H and O–H groups in total. The van der Waals surface area contributed by atoms with Crippen LogP contribution in [0.3, 0.4) is 0 Å². The Hall–Kier alpha value is -3.81. The molecule has 4 rings (SSSR count). The first-order valence-corrected chi connectivity index (χ1v) is 13.7. The van der Waals surface area contributed by atoms with E-state index >= 15 is 0 Å². The summed E-state index contributed by atoms with van der Waals surface area (Å²) in [7, 11) is 0. The number of aryl methyl sites for hydroxylation is 2. The zero-order chi connectivity index (χ0) is 29.0. The number of carbonyl (C=O) groups excluding carboxylic acids is 2. The normalized spacial score (nSPS) is 11.3. The van der Waals surface area contributed by atoms with Crippen molar-refractivity contribution in [2.45, 2.75) is 46.6 Å². The molecular weight excluding hydrogens is 545 g/mol. The predicted octanol–water partition coefficient (Wildman–Crippen LogP) is 7.77. The summed E-state index contributed by atoms with van der Waals surface area (Å²) in [6.45, 7) is 10.1. The topological polar surface area (TPSA) is 79.3 Å². The number of carbonyl (C=O) groups is 2. The van der Waals surface area contributed by atoms with E-state index in [1.807, 2.05) is 89.2 Å². The van der Waals surface area contributed by atoms with Gasteiger partial charge < -0.3 is 15.5 Å². The first-order chi connectivity index (χ1) is 18.9. The first-order valence-electron chi connectivity index (χ1n) is 12.9. The van der Waals surface area contributed by atoms with Gasteiger partial charge in [0.2, 0.25) is 5.91 Å². The van der Waals surface area contributed by atoms with Gasteiger partial charge in [0.15, 0.2) is 0 Å². The highest BCUT2D eigenvalue weighted by Crippen LogP contribution is 2.29. The van der Waals surface area contributed by atoms with Crippen LogP contribution in [0, 0.1) is 13.8 Å². The fourth-order valence-corrected chi connectivity index (χ4v) is 4.50. The molecule has 3 amide bonds. The number of urea groups is 1. The second kappa shape index (κ2) is 12.1. The van der Waals surface area contributed by atoms with Crippen LogP contribution in [0.1, 0.15) is 43.2 Å². The minimum atomic E-state index is -0.371. The molecule has 4 aromatic rings. The second-order valence-electron chi connectivity index (χ2n) is 10.8. The third-order valence-electron chi connectivity index (χ3n) is 6.44. The van der Waals surface area contributed by atoms with Gasteiger partial charge in [0.05, 0.1) is 21.4 Å². The number of amides is 3. The van der Waals surface area contributed by atoms with Gasteiger partial charge in [-0.1, -0.05) is 92.5 Å². The van der Waals surface area contributed by atoms with E-state index in [4.69, 9.17) is 28.3 Å². The average molecular weight is 579 g/mol. The van der Waals surface area contributed by atoms with Crippen LogP contribution in [0.25, 0.3) is 5.69 Å². The molecule has 0 unspecified atom stereocenters. The van der Waals surface area contributed by atoms with Crippen molar-refractivity contribution in [3.8, 4) is 5.69 Å². The molecule has 0 saturated carbocycles. The molecule has 208 valence electrons. The molecule has 3 aromatic carbocycles. The Bertz CT molecular complexity index is 1510. The zero-order valence-corrected chi connectivity index (χ0v) is 24.8. The summed E-state index contributed by atoms with van der Waals surface area (Å²) in [4.78, 5) is 28.4. The van der Waals surface area contributed by atoms with Crippen molar-refractivity contribution in [2.75, 3.05) is 17.2 Å². The highest BCUT2D eigenvalue weighted by atomic mass is 35.5. The molecule has 0 saturated heterocycles. The smallest absolute Gasteiger partial charge is 0.311 e. The van der Waals surface area contributed by atoms with Crippen molar-refractivity contribution < 1.29 is 9.59 Å². The quantitative estimate of drug-likeness (QED) is 0.235. The van der Waals surface area contributed by atoms with Crippen LogP contribution >= 0.6 is 23.2 Å². The Balaban J connectivity index is 1.62. The number of aromatic nitrogens is 2. The monoisotopic (exact) mass is 577 g/mol. The third kappa shape index (κ3) is 7.03. The molecule has 7 nitrogen and oxygen atoms in total. The van der Waals surface area contributed by atoms with Gasteiger partial charge >= 0.3 is 6.03 Å². The van der Waals surface area contributed by atoms with Crippen molar-refractivity contribution in [2.24, 2.45) is 0 Å². The van der Waals surface area contributed by atoms with E-state index in [9.17, 15) is 9.59 Å². The zero-order valence-electron chi connectivity index (χ0n) is 23.3. The second-order valence-corrected chi connectivity index (χ2v) is 11.6. The van der Waals surface area contributed by atoms with Gasteiger partial charge in [0, 0.05) is 23.7 Å². The molecule has 0 aliphatic rings. The Morgan fingerprint density at radius 1 is 0.875 bits per heavy atom. The molecule has 9 heteroatoms. The number of nitrogens with zero attached hydrogens (tertiary/aromatic N) is 3. The van der Waals surface area contributed by atoms with Crippen LogP contribution in [-0.4, -0.2) is 33.2 Å². The lowest BCUT2D eigenvalue weighted by molar-refractivity contribution is -0.116. The van der Waals surface area contributed by atoms with Crippen LogP contribution in [-0.2, 0) is 16.8 Å². The van der Waals surface area contributed by atoms with Crippen LogP contribution in [0.5, 0.6) is 0 Å². The van der Waals surface area contributed by atoms with Crippen LogP contribution in [0.4, 0.5) is 16.3 Å². The van der Waals surface area contributed by atoms with Gasteiger partial charge in [0.25, 0.3) is 0 Å². The largest absolute Gasteiger partial charge is 0.322 e. The lowest BCUT2D eigenvalue weighted by Crippen LogP contribution is -2.40. The standard InChI is InChI=1S/C31H33Cl2N5O2/c1-20-10-9-11-21(2)29(20)35-30(40)37(18-22-12-7-6-8-13-22)19-28(39)34-27-17-26(31(3,4)5)36-38(27)23-14-15-24(32)25(33)16-23/h6-17H,18-19H2,1-5H3,(H,34,39)(H,35,40). The number of halogens is 2.